The molecule has 0 heterocycles. The summed E-state index contributed by atoms with van der Waals surface area (Å²) in [4.78, 5) is 0. The smallest absolute Gasteiger partial charge is 0.00206 e. The Kier molecular flexibility index (Phi) is 3.52. The predicted molar refractivity (Wildman–Crippen MR) is 119 cm³/mol. The molecule has 0 atom stereocenters. The zero-order valence-corrected chi connectivity index (χ0v) is 16.2. The highest BCUT2D eigenvalue weighted by Crippen LogP contribution is 2.39. The SMILES string of the molecule is CCC(C)(C)c1ccc(-c2ccc3ccc4cccc5ccc2c3c45)cc1. The Balaban J connectivity index is 1.76. The van der Waals surface area contributed by atoms with Gasteiger partial charge in [-0.25, -0.2) is 0 Å². The first-order valence-corrected chi connectivity index (χ1v) is 9.86. The largest absolute Gasteiger partial charge is 0.0646 e. The summed E-state index contributed by atoms with van der Waals surface area (Å²) in [6.07, 6.45) is 1.14. The molecule has 0 saturated carbocycles. The maximum absolute atomic E-state index is 2.32. The summed E-state index contributed by atoms with van der Waals surface area (Å²) in [5.74, 6) is 0. The Bertz CT molecular complexity index is 1240. The fourth-order valence-electron chi connectivity index (χ4n) is 4.29. The van der Waals surface area contributed by atoms with Crippen LogP contribution in [0.25, 0.3) is 43.4 Å². The summed E-state index contributed by atoms with van der Waals surface area (Å²) in [6, 6.07) is 29.4. The van der Waals surface area contributed by atoms with Crippen LogP contribution in [0.1, 0.15) is 32.8 Å². The van der Waals surface area contributed by atoms with Gasteiger partial charge in [0, 0.05) is 0 Å². The van der Waals surface area contributed by atoms with Crippen LogP contribution >= 0.6 is 0 Å². The molecule has 0 bridgehead atoms. The highest BCUT2D eigenvalue weighted by molar-refractivity contribution is 6.25. The number of hydrogen-bond acceptors (Lipinski definition) is 0. The third-order valence-electron chi connectivity index (χ3n) is 6.39. The first kappa shape index (κ1) is 16.3. The Labute approximate surface area is 160 Å². The van der Waals surface area contributed by atoms with Crippen LogP contribution in [-0.2, 0) is 5.41 Å². The first-order chi connectivity index (χ1) is 13.1. The lowest BCUT2D eigenvalue weighted by atomic mass is 9.81. The van der Waals surface area contributed by atoms with E-state index < -0.39 is 0 Å². The van der Waals surface area contributed by atoms with Crippen LogP contribution < -0.4 is 0 Å². The molecule has 0 amide bonds. The molecule has 5 aromatic rings. The Morgan fingerprint density at radius 3 is 1.89 bits per heavy atom. The van der Waals surface area contributed by atoms with Crippen molar-refractivity contribution in [3.8, 4) is 11.1 Å². The zero-order chi connectivity index (χ0) is 18.6. The van der Waals surface area contributed by atoms with Crippen LogP contribution in [0.5, 0.6) is 0 Å². The van der Waals surface area contributed by atoms with Crippen LogP contribution in [0.15, 0.2) is 78.9 Å². The summed E-state index contributed by atoms with van der Waals surface area (Å²) in [7, 11) is 0. The van der Waals surface area contributed by atoms with E-state index in [4.69, 9.17) is 0 Å². The van der Waals surface area contributed by atoms with E-state index in [1.54, 1.807) is 0 Å². The first-order valence-electron chi connectivity index (χ1n) is 9.86. The van der Waals surface area contributed by atoms with Crippen molar-refractivity contribution >= 4 is 32.3 Å². The van der Waals surface area contributed by atoms with E-state index in [0.717, 1.165) is 6.42 Å². The minimum absolute atomic E-state index is 0.223. The number of benzene rings is 5. The average Bonchev–Trinajstić information content (AvgIpc) is 2.72. The van der Waals surface area contributed by atoms with Gasteiger partial charge in [0.05, 0.1) is 0 Å². The quantitative estimate of drug-likeness (QED) is 0.290. The van der Waals surface area contributed by atoms with Crippen molar-refractivity contribution in [2.45, 2.75) is 32.6 Å². The van der Waals surface area contributed by atoms with Crippen molar-refractivity contribution < 1.29 is 0 Å². The molecule has 27 heavy (non-hydrogen) atoms. The minimum atomic E-state index is 0.223. The number of rotatable bonds is 3. The van der Waals surface area contributed by atoms with Crippen molar-refractivity contribution in [1.29, 1.82) is 0 Å². The summed E-state index contributed by atoms with van der Waals surface area (Å²) >= 11 is 0. The van der Waals surface area contributed by atoms with Crippen LogP contribution in [0.3, 0.4) is 0 Å². The Morgan fingerprint density at radius 2 is 1.22 bits per heavy atom. The van der Waals surface area contributed by atoms with Crippen LogP contribution in [-0.4, -0.2) is 0 Å². The molecule has 0 aliphatic carbocycles. The van der Waals surface area contributed by atoms with Crippen molar-refractivity contribution in [3.63, 3.8) is 0 Å². The molecule has 0 aliphatic heterocycles. The maximum Gasteiger partial charge on any atom is -0.00206 e. The lowest BCUT2D eigenvalue weighted by Gasteiger charge is -2.23. The molecule has 0 fully saturated rings. The molecule has 0 saturated heterocycles. The van der Waals surface area contributed by atoms with Gasteiger partial charge in [0.15, 0.2) is 0 Å². The van der Waals surface area contributed by atoms with Crippen LogP contribution in [0.2, 0.25) is 0 Å². The molecule has 132 valence electrons. The molecule has 5 rings (SSSR count). The molecule has 0 unspecified atom stereocenters. The second kappa shape index (κ2) is 5.82. The van der Waals surface area contributed by atoms with Gasteiger partial charge in [-0.2, -0.15) is 0 Å². The van der Waals surface area contributed by atoms with Gasteiger partial charge in [0.2, 0.25) is 0 Å². The molecule has 0 heteroatoms. The molecular formula is C27H24. The molecule has 0 nitrogen and oxygen atoms in total. The lowest BCUT2D eigenvalue weighted by molar-refractivity contribution is 0.506. The molecule has 0 aromatic heterocycles. The molecule has 0 spiro atoms. The van der Waals surface area contributed by atoms with Crippen LogP contribution in [0, 0.1) is 0 Å². The van der Waals surface area contributed by atoms with Crippen LogP contribution in [0.4, 0.5) is 0 Å². The van der Waals surface area contributed by atoms with Gasteiger partial charge in [0.25, 0.3) is 0 Å². The van der Waals surface area contributed by atoms with Gasteiger partial charge in [-0.1, -0.05) is 99.6 Å². The van der Waals surface area contributed by atoms with Gasteiger partial charge in [-0.05, 0) is 60.8 Å². The second-order valence-corrected chi connectivity index (χ2v) is 8.28. The summed E-state index contributed by atoms with van der Waals surface area (Å²) in [6.45, 7) is 6.89. The third-order valence-corrected chi connectivity index (χ3v) is 6.39. The third kappa shape index (κ3) is 2.44. The molecule has 0 N–H and O–H groups in total. The molecular weight excluding hydrogens is 324 g/mol. The van der Waals surface area contributed by atoms with Crippen molar-refractivity contribution in [2.24, 2.45) is 0 Å². The summed E-state index contributed by atoms with van der Waals surface area (Å²) in [5, 5.41) is 8.09. The fourth-order valence-corrected chi connectivity index (χ4v) is 4.29. The standard InChI is InChI=1S/C27H24/c1-4-27(2,3)22-14-10-18(11-15-22)23-16-12-21-9-8-19-6-5-7-20-13-17-24(23)26(21)25(19)20/h5-17H,4H2,1-3H3. The predicted octanol–water partition coefficient (Wildman–Crippen LogP) is 7.94. The molecule has 0 radical (unpaired) electrons. The lowest BCUT2D eigenvalue weighted by Crippen LogP contribution is -2.14. The van der Waals surface area contributed by atoms with Gasteiger partial charge in [0.1, 0.15) is 0 Å². The average molecular weight is 348 g/mol. The van der Waals surface area contributed by atoms with E-state index in [0.29, 0.717) is 0 Å². The van der Waals surface area contributed by atoms with Gasteiger partial charge >= 0.3 is 0 Å². The van der Waals surface area contributed by atoms with E-state index >= 15 is 0 Å². The minimum Gasteiger partial charge on any atom is -0.0646 e. The van der Waals surface area contributed by atoms with Crippen molar-refractivity contribution in [3.05, 3.63) is 84.4 Å². The fraction of sp³-hybridized carbons (Fsp3) is 0.185. The summed E-state index contributed by atoms with van der Waals surface area (Å²) < 4.78 is 0. The highest BCUT2D eigenvalue weighted by Gasteiger charge is 2.18. The monoisotopic (exact) mass is 348 g/mol. The van der Waals surface area contributed by atoms with E-state index in [1.165, 1.54) is 49.0 Å². The Hall–Kier alpha value is -2.86. The van der Waals surface area contributed by atoms with Crippen molar-refractivity contribution in [1.82, 2.24) is 0 Å². The van der Waals surface area contributed by atoms with E-state index in [-0.39, 0.29) is 5.41 Å². The number of hydrogen-bond donors (Lipinski definition) is 0. The highest BCUT2D eigenvalue weighted by atomic mass is 14.2. The van der Waals surface area contributed by atoms with Gasteiger partial charge in [-0.3, -0.25) is 0 Å². The topological polar surface area (TPSA) is 0 Å². The molecule has 0 aliphatic rings. The van der Waals surface area contributed by atoms with Gasteiger partial charge in [-0.15, -0.1) is 0 Å². The van der Waals surface area contributed by atoms with E-state index in [1.807, 2.05) is 0 Å². The summed E-state index contributed by atoms with van der Waals surface area (Å²) in [5.41, 5.74) is 4.25. The van der Waals surface area contributed by atoms with Crippen molar-refractivity contribution in [2.75, 3.05) is 0 Å². The Morgan fingerprint density at radius 1 is 0.630 bits per heavy atom. The van der Waals surface area contributed by atoms with Gasteiger partial charge < -0.3 is 0 Å². The maximum atomic E-state index is 2.32. The second-order valence-electron chi connectivity index (χ2n) is 8.28. The molecule has 5 aromatic carbocycles. The van der Waals surface area contributed by atoms with E-state index in [9.17, 15) is 0 Å². The normalized spacial score (nSPS) is 12.4. The van der Waals surface area contributed by atoms with E-state index in [2.05, 4.69) is 99.6 Å². The zero-order valence-electron chi connectivity index (χ0n) is 16.2.